The molecule has 39 heavy (non-hydrogen) atoms. The van der Waals surface area contributed by atoms with Crippen LogP contribution in [0.4, 0.5) is 22.0 Å². The maximum atomic E-state index is 13.2. The zero-order valence-electron chi connectivity index (χ0n) is 20.9. The number of rotatable bonds is 6. The van der Waals surface area contributed by atoms with Crippen LogP contribution in [-0.2, 0) is 21.4 Å². The fourth-order valence-corrected chi connectivity index (χ4v) is 3.74. The van der Waals surface area contributed by atoms with E-state index in [1.54, 1.807) is 6.07 Å². The van der Waals surface area contributed by atoms with Crippen molar-refractivity contribution in [2.45, 2.75) is 20.8 Å². The van der Waals surface area contributed by atoms with Crippen LogP contribution < -0.4 is 36.1 Å². The van der Waals surface area contributed by atoms with Gasteiger partial charge in [0.25, 0.3) is 5.56 Å². The number of anilines is 3. The molecule has 3 N–H and O–H groups in total. The molecule has 0 radical (unpaired) electrons. The topological polar surface area (TPSA) is 189 Å². The number of amides is 1. The molecule has 2 aromatic carbocycles. The Balaban J connectivity index is 2.44. The first kappa shape index (κ1) is 28.5. The van der Waals surface area contributed by atoms with Crippen molar-refractivity contribution in [3.05, 3.63) is 62.3 Å². The third kappa shape index (κ3) is 5.75. The summed E-state index contributed by atoms with van der Waals surface area (Å²) in [6.07, 6.45) is -1.77. The lowest BCUT2D eigenvalue weighted by atomic mass is 10.2. The van der Waals surface area contributed by atoms with Crippen LogP contribution in [0.15, 0.2) is 46.0 Å². The Morgan fingerprint density at radius 3 is 1.90 bits per heavy atom. The van der Waals surface area contributed by atoms with Gasteiger partial charge in [0, 0.05) is 40.0 Å². The van der Waals surface area contributed by atoms with Gasteiger partial charge >= 0.3 is 29.7 Å². The molecule has 0 aliphatic carbocycles. The zero-order chi connectivity index (χ0) is 29.2. The second kappa shape index (κ2) is 11.1. The van der Waals surface area contributed by atoms with E-state index in [9.17, 15) is 33.9 Å². The van der Waals surface area contributed by atoms with E-state index in [0.717, 1.165) is 44.5 Å². The molecule has 3 rings (SSSR count). The molecule has 0 fully saturated rings. The van der Waals surface area contributed by atoms with Crippen LogP contribution in [0, 0.1) is 0 Å². The summed E-state index contributed by atoms with van der Waals surface area (Å²) in [7, 11) is 1.10. The average molecular weight is 561 g/mol. The first-order chi connectivity index (χ1) is 18.2. The minimum atomic E-state index is -1.77. The lowest BCUT2D eigenvalue weighted by molar-refractivity contribution is -0.135. The van der Waals surface area contributed by atoms with E-state index in [0.29, 0.717) is 9.47 Å². The molecule has 3 aromatic rings. The van der Waals surface area contributed by atoms with E-state index < -0.39 is 69.7 Å². The highest BCUT2D eigenvalue weighted by Gasteiger charge is 2.31. The predicted octanol–water partition coefficient (Wildman–Crippen LogP) is 2.36. The van der Waals surface area contributed by atoms with Gasteiger partial charge in [-0.3, -0.25) is 23.7 Å². The summed E-state index contributed by atoms with van der Waals surface area (Å²) < 4.78 is 16.6. The monoisotopic (exact) mass is 560 g/mol. The molecular weight excluding hydrogens is 540 g/mol. The number of benzene rings is 2. The van der Waals surface area contributed by atoms with Crippen molar-refractivity contribution in [2.75, 3.05) is 10.6 Å². The fraction of sp³-hybridized carbons (Fsp3) is 0.167. The number of halogens is 1. The molecule has 1 amide bonds. The first-order valence-electron chi connectivity index (χ1n) is 10.9. The molecule has 0 saturated carbocycles. The lowest BCUT2D eigenvalue weighted by Crippen LogP contribution is -2.43. The van der Waals surface area contributed by atoms with Gasteiger partial charge in [0.1, 0.15) is 5.82 Å². The quantitative estimate of drug-likeness (QED) is 0.332. The third-order valence-corrected chi connectivity index (χ3v) is 5.31. The Kier molecular flexibility index (Phi) is 8.10. The van der Waals surface area contributed by atoms with Crippen LogP contribution >= 0.6 is 11.6 Å². The highest BCUT2D eigenvalue weighted by Crippen LogP contribution is 2.44. The number of nitrogen functional groups attached to an aromatic ring is 1. The molecule has 14 nitrogen and oxygen atoms in total. The number of nitrogens with two attached hydrogens (primary N) is 1. The van der Waals surface area contributed by atoms with E-state index in [-0.39, 0.29) is 10.7 Å². The molecular formula is C24H21ClN4O10. The molecule has 0 unspecified atom stereocenters. The highest BCUT2D eigenvalue weighted by atomic mass is 35.5. The molecule has 0 aliphatic heterocycles. The van der Waals surface area contributed by atoms with E-state index >= 15 is 0 Å². The van der Waals surface area contributed by atoms with Crippen molar-refractivity contribution in [3.63, 3.8) is 0 Å². The molecule has 0 aliphatic rings. The second-order valence-electron chi connectivity index (χ2n) is 7.84. The summed E-state index contributed by atoms with van der Waals surface area (Å²) in [6.45, 7) is 3.05. The maximum absolute atomic E-state index is 13.2. The number of carboxylic acid groups (broad SMARTS) is 1. The van der Waals surface area contributed by atoms with Crippen LogP contribution in [0.5, 0.6) is 17.2 Å². The van der Waals surface area contributed by atoms with Gasteiger partial charge in [0.05, 0.1) is 16.4 Å². The van der Waals surface area contributed by atoms with Crippen molar-refractivity contribution in [3.8, 4) is 22.9 Å². The third-order valence-electron chi connectivity index (χ3n) is 4.99. The van der Waals surface area contributed by atoms with Gasteiger partial charge in [-0.2, -0.15) is 0 Å². The van der Waals surface area contributed by atoms with E-state index in [1.807, 2.05) is 0 Å². The smallest absolute Gasteiger partial charge is 0.416 e. The zero-order valence-corrected chi connectivity index (χ0v) is 21.6. The van der Waals surface area contributed by atoms with Gasteiger partial charge < -0.3 is 25.1 Å². The summed E-state index contributed by atoms with van der Waals surface area (Å²) >= 11 is 6.23. The fourth-order valence-electron chi connectivity index (χ4n) is 3.52. The van der Waals surface area contributed by atoms with E-state index in [4.69, 9.17) is 31.5 Å². The SMILES string of the molecule is CC(=O)Oc1cc(N(C(=O)O)c2c(N)n(-c3ccccc3Cl)c(=O)n(C)c2=O)cc(OC(C)=O)c1OC(C)=O. The predicted molar refractivity (Wildman–Crippen MR) is 137 cm³/mol. The Hall–Kier alpha value is -5.11. The van der Waals surface area contributed by atoms with Crippen LogP contribution in [-0.4, -0.2) is 38.2 Å². The number of para-hydroxylation sites is 1. The average Bonchev–Trinajstić information content (AvgIpc) is 2.82. The molecule has 1 heterocycles. The van der Waals surface area contributed by atoms with Gasteiger partial charge in [-0.25, -0.2) is 19.1 Å². The number of carbonyl (C=O) groups excluding carboxylic acids is 3. The standard InChI is InChI=1S/C24H21ClN4O10/c1-11(30)37-17-9-14(10-18(38-12(2)31)20(17)39-13(3)32)28(24(35)36)19-21(26)29(23(34)27(4)22(19)33)16-8-6-5-7-15(16)25/h5-10H,26H2,1-4H3,(H,35,36). The molecule has 0 bridgehead atoms. The van der Waals surface area contributed by atoms with Crippen molar-refractivity contribution in [1.82, 2.24) is 9.13 Å². The van der Waals surface area contributed by atoms with Crippen molar-refractivity contribution < 1.29 is 38.5 Å². The summed E-state index contributed by atoms with van der Waals surface area (Å²) in [6, 6.07) is 7.86. The Bertz CT molecular complexity index is 1610. The lowest BCUT2D eigenvalue weighted by Gasteiger charge is -2.24. The van der Waals surface area contributed by atoms with Crippen LogP contribution in [0.2, 0.25) is 5.02 Å². The summed E-state index contributed by atoms with van der Waals surface area (Å²) in [5, 5.41) is 10.2. The number of aromatic nitrogens is 2. The molecule has 0 saturated heterocycles. The van der Waals surface area contributed by atoms with E-state index in [1.165, 1.54) is 18.2 Å². The van der Waals surface area contributed by atoms with Crippen molar-refractivity contribution >= 4 is 52.8 Å². The molecule has 1 aromatic heterocycles. The molecule has 0 atom stereocenters. The van der Waals surface area contributed by atoms with Crippen molar-refractivity contribution in [1.29, 1.82) is 0 Å². The molecule has 0 spiro atoms. The number of esters is 3. The normalized spacial score (nSPS) is 10.5. The maximum Gasteiger partial charge on any atom is 0.416 e. The van der Waals surface area contributed by atoms with E-state index in [2.05, 4.69) is 0 Å². The highest BCUT2D eigenvalue weighted by molar-refractivity contribution is 6.32. The largest absolute Gasteiger partial charge is 0.464 e. The molecule has 204 valence electrons. The van der Waals surface area contributed by atoms with Gasteiger partial charge in [0.2, 0.25) is 5.75 Å². The number of nitrogens with zero attached hydrogens (tertiary/aromatic N) is 3. The number of carbonyl (C=O) groups is 4. The Morgan fingerprint density at radius 2 is 1.44 bits per heavy atom. The Morgan fingerprint density at radius 1 is 0.923 bits per heavy atom. The minimum absolute atomic E-state index is 0.0512. The first-order valence-corrected chi connectivity index (χ1v) is 11.2. The van der Waals surface area contributed by atoms with Crippen LogP contribution in [0.25, 0.3) is 5.69 Å². The van der Waals surface area contributed by atoms with Gasteiger partial charge in [-0.1, -0.05) is 23.7 Å². The van der Waals surface area contributed by atoms with Crippen molar-refractivity contribution in [2.24, 2.45) is 7.05 Å². The second-order valence-corrected chi connectivity index (χ2v) is 8.24. The van der Waals surface area contributed by atoms with Gasteiger partial charge in [-0.15, -0.1) is 0 Å². The van der Waals surface area contributed by atoms with Gasteiger partial charge in [-0.05, 0) is 12.1 Å². The number of hydrogen-bond acceptors (Lipinski definition) is 10. The van der Waals surface area contributed by atoms with Crippen LogP contribution in [0.1, 0.15) is 20.8 Å². The number of hydrogen-bond donors (Lipinski definition) is 2. The number of ether oxygens (including phenoxy) is 3. The Labute approximate surface area is 224 Å². The van der Waals surface area contributed by atoms with Crippen LogP contribution in [0.3, 0.4) is 0 Å². The van der Waals surface area contributed by atoms with Gasteiger partial charge in [0.15, 0.2) is 17.2 Å². The molecule has 15 heteroatoms. The minimum Gasteiger partial charge on any atom is -0.464 e. The summed E-state index contributed by atoms with van der Waals surface area (Å²) in [4.78, 5) is 74.4. The summed E-state index contributed by atoms with van der Waals surface area (Å²) in [5.74, 6) is -4.85. The summed E-state index contributed by atoms with van der Waals surface area (Å²) in [5.41, 5.74) is 3.07.